The summed E-state index contributed by atoms with van der Waals surface area (Å²) in [4.78, 5) is 49.8. The zero-order valence-electron chi connectivity index (χ0n) is 21.1. The number of nitrogens with one attached hydrogen (secondary N) is 3. The van der Waals surface area contributed by atoms with E-state index in [0.29, 0.717) is 5.56 Å². The summed E-state index contributed by atoms with van der Waals surface area (Å²) in [5, 5.41) is 46.8. The molecule has 38 heavy (non-hydrogen) atoms. The lowest BCUT2D eigenvalue weighted by atomic mass is 9.97. The predicted molar refractivity (Wildman–Crippen MR) is 131 cm³/mol. The zero-order valence-corrected chi connectivity index (χ0v) is 21.1. The summed E-state index contributed by atoms with van der Waals surface area (Å²) in [5.41, 5.74) is 6.58. The third kappa shape index (κ3) is 8.72. The van der Waals surface area contributed by atoms with Crippen molar-refractivity contribution in [3.8, 4) is 0 Å². The van der Waals surface area contributed by atoms with Gasteiger partial charge in [0.15, 0.2) is 6.29 Å². The van der Waals surface area contributed by atoms with Crippen LogP contribution in [0.15, 0.2) is 30.3 Å². The van der Waals surface area contributed by atoms with E-state index in [1.165, 1.54) is 14.0 Å². The van der Waals surface area contributed by atoms with Crippen molar-refractivity contribution in [1.29, 1.82) is 0 Å². The first kappa shape index (κ1) is 31.1. The van der Waals surface area contributed by atoms with Crippen LogP contribution in [-0.4, -0.2) is 107 Å². The predicted octanol–water partition coefficient (Wildman–Crippen LogP) is -3.58. The second-order valence-electron chi connectivity index (χ2n) is 8.97. The van der Waals surface area contributed by atoms with E-state index in [0.717, 1.165) is 0 Å². The number of aliphatic hydroxyl groups excluding tert-OH is 4. The highest BCUT2D eigenvalue weighted by atomic mass is 16.6. The summed E-state index contributed by atoms with van der Waals surface area (Å²) >= 11 is 0. The number of methoxy groups -OCH3 is 1. The summed E-state index contributed by atoms with van der Waals surface area (Å²) in [6, 6.07) is 3.92. The van der Waals surface area contributed by atoms with Crippen LogP contribution in [0.5, 0.6) is 0 Å². The van der Waals surface area contributed by atoms with Crippen LogP contribution in [0.25, 0.3) is 0 Å². The SMILES string of the molecule is COC(=O)CC[C@@H](N)C(=O)N[C@H](Cc1ccccc1)C(=O)N[C@H](C)C(=O)N[C@@H]1[C@H](O)[C@H](O)[C@H](CO)O[C@@H]1O. The molecule has 1 aliphatic heterocycles. The highest BCUT2D eigenvalue weighted by molar-refractivity contribution is 5.93. The van der Waals surface area contributed by atoms with Crippen LogP contribution < -0.4 is 21.7 Å². The summed E-state index contributed by atoms with van der Waals surface area (Å²) in [6.45, 7) is 0.676. The van der Waals surface area contributed by atoms with Gasteiger partial charge in [-0.25, -0.2) is 0 Å². The molecule has 14 heteroatoms. The molecule has 1 heterocycles. The molecule has 212 valence electrons. The van der Waals surface area contributed by atoms with Crippen molar-refractivity contribution in [2.45, 2.75) is 75.0 Å². The molecule has 0 spiro atoms. The number of hydrogen-bond donors (Lipinski definition) is 8. The van der Waals surface area contributed by atoms with Crippen molar-refractivity contribution in [2.75, 3.05) is 13.7 Å². The topological polar surface area (TPSA) is 230 Å². The highest BCUT2D eigenvalue weighted by Gasteiger charge is 2.44. The van der Waals surface area contributed by atoms with Crippen LogP contribution in [0.4, 0.5) is 0 Å². The Labute approximate surface area is 219 Å². The summed E-state index contributed by atoms with van der Waals surface area (Å²) in [7, 11) is 1.21. The van der Waals surface area contributed by atoms with Crippen LogP contribution in [0, 0.1) is 0 Å². The molecular formula is C24H36N4O10. The number of carbonyl (C=O) groups is 4. The Morgan fingerprint density at radius 1 is 1.03 bits per heavy atom. The van der Waals surface area contributed by atoms with Crippen molar-refractivity contribution < 1.29 is 49.1 Å². The number of hydrogen-bond acceptors (Lipinski definition) is 11. The minimum Gasteiger partial charge on any atom is -0.469 e. The van der Waals surface area contributed by atoms with E-state index < -0.39 is 79.1 Å². The quantitative estimate of drug-likeness (QED) is 0.121. The van der Waals surface area contributed by atoms with Gasteiger partial charge in [0.2, 0.25) is 17.7 Å². The van der Waals surface area contributed by atoms with Crippen molar-refractivity contribution >= 4 is 23.7 Å². The van der Waals surface area contributed by atoms with Gasteiger partial charge in [-0.1, -0.05) is 30.3 Å². The molecule has 0 unspecified atom stereocenters. The fourth-order valence-electron chi connectivity index (χ4n) is 3.77. The average molecular weight is 541 g/mol. The first-order valence-electron chi connectivity index (χ1n) is 12.1. The third-order valence-corrected chi connectivity index (χ3v) is 6.10. The number of rotatable bonds is 12. The molecule has 0 bridgehead atoms. The Hall–Kier alpha value is -3.14. The van der Waals surface area contributed by atoms with Crippen molar-refractivity contribution in [2.24, 2.45) is 5.73 Å². The number of carbonyl (C=O) groups excluding carboxylic acids is 4. The molecule has 1 aromatic rings. The maximum absolute atomic E-state index is 13.1. The van der Waals surface area contributed by atoms with Gasteiger partial charge in [0.25, 0.3) is 0 Å². The molecule has 1 aliphatic rings. The van der Waals surface area contributed by atoms with Crippen molar-refractivity contribution in [3.63, 3.8) is 0 Å². The first-order chi connectivity index (χ1) is 18.0. The number of benzene rings is 1. The molecule has 0 saturated carbocycles. The van der Waals surface area contributed by atoms with Gasteiger partial charge in [-0.15, -0.1) is 0 Å². The lowest BCUT2D eigenvalue weighted by Gasteiger charge is -2.40. The summed E-state index contributed by atoms with van der Waals surface area (Å²) < 4.78 is 9.55. The molecule has 0 aromatic heterocycles. The normalized spacial score (nSPS) is 25.4. The van der Waals surface area contributed by atoms with Gasteiger partial charge in [-0.05, 0) is 18.9 Å². The number of aliphatic hydroxyl groups is 4. The van der Waals surface area contributed by atoms with E-state index in [-0.39, 0.29) is 19.3 Å². The Morgan fingerprint density at radius 3 is 2.29 bits per heavy atom. The van der Waals surface area contributed by atoms with Gasteiger partial charge in [0.1, 0.15) is 36.4 Å². The van der Waals surface area contributed by atoms with E-state index in [1.807, 2.05) is 0 Å². The maximum atomic E-state index is 13.1. The molecule has 0 radical (unpaired) electrons. The summed E-state index contributed by atoms with van der Waals surface area (Å²) in [6.07, 6.45) is -6.23. The minimum atomic E-state index is -1.73. The van der Waals surface area contributed by atoms with Crippen LogP contribution in [0.3, 0.4) is 0 Å². The van der Waals surface area contributed by atoms with Gasteiger partial charge < -0.3 is 51.6 Å². The van der Waals surface area contributed by atoms with Crippen LogP contribution >= 0.6 is 0 Å². The molecule has 9 N–H and O–H groups in total. The maximum Gasteiger partial charge on any atom is 0.305 e. The second-order valence-corrected chi connectivity index (χ2v) is 8.97. The Balaban J connectivity index is 2.05. The number of esters is 1. The molecule has 8 atom stereocenters. The van der Waals surface area contributed by atoms with Crippen LogP contribution in [0.1, 0.15) is 25.3 Å². The van der Waals surface area contributed by atoms with Gasteiger partial charge in [-0.3, -0.25) is 19.2 Å². The first-order valence-corrected chi connectivity index (χ1v) is 12.1. The lowest BCUT2D eigenvalue weighted by Crippen LogP contribution is -2.65. The Bertz CT molecular complexity index is 949. The van der Waals surface area contributed by atoms with Gasteiger partial charge in [-0.2, -0.15) is 0 Å². The zero-order chi connectivity index (χ0) is 28.4. The molecule has 2 rings (SSSR count). The van der Waals surface area contributed by atoms with Crippen LogP contribution in [0.2, 0.25) is 0 Å². The monoisotopic (exact) mass is 540 g/mol. The van der Waals surface area contributed by atoms with Gasteiger partial charge in [0, 0.05) is 12.8 Å². The Kier molecular flexibility index (Phi) is 12.0. The number of ether oxygens (including phenoxy) is 2. The van der Waals surface area contributed by atoms with E-state index in [4.69, 9.17) is 10.5 Å². The third-order valence-electron chi connectivity index (χ3n) is 6.10. The second kappa shape index (κ2) is 14.7. The minimum absolute atomic E-state index is 0.00586. The van der Waals surface area contributed by atoms with E-state index in [9.17, 15) is 39.6 Å². The standard InChI is InChI=1S/C24H36N4O10/c1-12(21(33)28-18-20(32)19(31)16(11-29)38-24(18)36)26-23(35)15(10-13-6-4-3-5-7-13)27-22(34)14(25)8-9-17(30)37-2/h3-7,12,14-16,18-20,24,29,31-32,36H,8-11,25H2,1-2H3,(H,26,35)(H,27,34)(H,28,33)/t12-,14-,15-,16+,18-,19-,20+,24+/m1/s1. The number of nitrogens with two attached hydrogens (primary N) is 1. The molecule has 0 aliphatic carbocycles. The fraction of sp³-hybridized carbons (Fsp3) is 0.583. The average Bonchev–Trinajstić information content (AvgIpc) is 2.91. The van der Waals surface area contributed by atoms with Gasteiger partial charge >= 0.3 is 5.97 Å². The van der Waals surface area contributed by atoms with Crippen LogP contribution in [-0.2, 0) is 35.1 Å². The van der Waals surface area contributed by atoms with E-state index in [2.05, 4.69) is 20.7 Å². The molecule has 1 saturated heterocycles. The molecule has 1 aromatic carbocycles. The fourth-order valence-corrected chi connectivity index (χ4v) is 3.77. The smallest absolute Gasteiger partial charge is 0.305 e. The lowest BCUT2D eigenvalue weighted by molar-refractivity contribution is -0.253. The molecule has 3 amide bonds. The highest BCUT2D eigenvalue weighted by Crippen LogP contribution is 2.19. The van der Waals surface area contributed by atoms with Crippen molar-refractivity contribution in [3.05, 3.63) is 35.9 Å². The van der Waals surface area contributed by atoms with Crippen molar-refractivity contribution in [1.82, 2.24) is 16.0 Å². The van der Waals surface area contributed by atoms with Gasteiger partial charge in [0.05, 0.1) is 19.8 Å². The molecule has 14 nitrogen and oxygen atoms in total. The molecule has 1 fully saturated rings. The van der Waals surface area contributed by atoms with E-state index >= 15 is 0 Å². The van der Waals surface area contributed by atoms with E-state index in [1.54, 1.807) is 30.3 Å². The summed E-state index contributed by atoms with van der Waals surface area (Å²) in [5.74, 6) is -2.75. The molecular weight excluding hydrogens is 504 g/mol. The largest absolute Gasteiger partial charge is 0.469 e. The Morgan fingerprint density at radius 2 is 1.68 bits per heavy atom. The number of amides is 3.